The molecule has 0 fully saturated rings. The number of rotatable bonds is 16. The predicted molar refractivity (Wildman–Crippen MR) is 183 cm³/mol. The topological polar surface area (TPSA) is 165 Å². The number of hydrogen-bond acceptors (Lipinski definition) is 9. The van der Waals surface area contributed by atoms with Crippen molar-refractivity contribution in [1.82, 2.24) is 24.8 Å². The maximum absolute atomic E-state index is 13.8. The number of nitrogens with one attached hydrogen (secondary N) is 2. The van der Waals surface area contributed by atoms with E-state index in [4.69, 9.17) is 5.21 Å². The number of carbonyl (C=O) groups excluding carboxylic acids is 2. The molecule has 2 aromatic carbocycles. The standard InChI is InChI=1S/C33H46N6O6S2/c1-22(2)18-39(47(44,45)28-14-12-26(13-15-28)17-34-43)20-30(40)29(16-25-10-8-7-9-11-25)36-32(41)31(23(3)4)37-33(42)38(6)19-27-21-46-24(5)35-27/h7-15,17,21-23,29-31,40,43H,16,18-20H2,1-6H3,(H,36,41)(H,37,42)/b34-17+/t29-,30+,31?/m0/s1. The van der Waals surface area contributed by atoms with Gasteiger partial charge in [-0.25, -0.2) is 18.2 Å². The number of oxime groups is 1. The van der Waals surface area contributed by atoms with Gasteiger partial charge in [-0.3, -0.25) is 4.79 Å². The number of urea groups is 1. The number of amides is 3. The summed E-state index contributed by atoms with van der Waals surface area (Å²) in [7, 11) is -2.43. The fourth-order valence-electron chi connectivity index (χ4n) is 4.95. The average Bonchev–Trinajstić information content (AvgIpc) is 3.43. The van der Waals surface area contributed by atoms with E-state index in [0.717, 1.165) is 16.3 Å². The zero-order chi connectivity index (χ0) is 34.7. The minimum absolute atomic E-state index is 0.0172. The zero-order valence-electron chi connectivity index (χ0n) is 27.7. The van der Waals surface area contributed by atoms with Gasteiger partial charge < -0.3 is 25.8 Å². The number of carbonyl (C=O) groups is 2. The first-order valence-electron chi connectivity index (χ1n) is 15.4. The molecule has 0 bridgehead atoms. The van der Waals surface area contributed by atoms with Crippen molar-refractivity contribution >= 4 is 39.5 Å². The Balaban J connectivity index is 1.84. The predicted octanol–water partition coefficient (Wildman–Crippen LogP) is 3.86. The monoisotopic (exact) mass is 686 g/mol. The van der Waals surface area contributed by atoms with E-state index in [1.807, 2.05) is 70.3 Å². The second-order valence-corrected chi connectivity index (χ2v) is 15.3. The van der Waals surface area contributed by atoms with Crippen molar-refractivity contribution < 1.29 is 28.3 Å². The highest BCUT2D eigenvalue weighted by atomic mass is 32.2. The summed E-state index contributed by atoms with van der Waals surface area (Å²) in [5, 5.41) is 31.9. The van der Waals surface area contributed by atoms with Crippen molar-refractivity contribution in [1.29, 1.82) is 0 Å². The molecule has 3 amide bonds. The molecule has 3 aromatic rings. The van der Waals surface area contributed by atoms with Crippen molar-refractivity contribution in [3.05, 3.63) is 81.8 Å². The molecule has 0 aliphatic carbocycles. The lowest BCUT2D eigenvalue weighted by molar-refractivity contribution is -0.125. The zero-order valence-corrected chi connectivity index (χ0v) is 29.3. The fraction of sp³-hybridized carbons (Fsp3) is 0.455. The molecule has 4 N–H and O–H groups in total. The van der Waals surface area contributed by atoms with Crippen LogP contribution in [0.15, 0.2) is 70.0 Å². The molecule has 1 aromatic heterocycles. The van der Waals surface area contributed by atoms with Crippen LogP contribution in [0, 0.1) is 18.8 Å². The van der Waals surface area contributed by atoms with Gasteiger partial charge in [0.2, 0.25) is 15.9 Å². The molecular weight excluding hydrogens is 641 g/mol. The van der Waals surface area contributed by atoms with Crippen LogP contribution < -0.4 is 10.6 Å². The minimum Gasteiger partial charge on any atom is -0.411 e. The SMILES string of the molecule is Cc1nc(CN(C)C(=O)NC(C(=O)N[C@@H](Cc2ccccc2)[C@H](O)CN(CC(C)C)S(=O)(=O)c2ccc(/C=N/O)cc2)C(C)C)cs1. The number of aliphatic hydroxyl groups is 1. The Labute approximate surface area is 281 Å². The molecule has 12 nitrogen and oxygen atoms in total. The van der Waals surface area contributed by atoms with Crippen LogP contribution in [0.3, 0.4) is 0 Å². The molecule has 1 unspecified atom stereocenters. The van der Waals surface area contributed by atoms with Crippen molar-refractivity contribution in [3.63, 3.8) is 0 Å². The summed E-state index contributed by atoms with van der Waals surface area (Å²) in [5.74, 6) is -0.851. The van der Waals surface area contributed by atoms with Crippen LogP contribution in [0.2, 0.25) is 0 Å². The van der Waals surface area contributed by atoms with Crippen molar-refractivity contribution in [2.45, 2.75) is 70.7 Å². The van der Waals surface area contributed by atoms with Crippen LogP contribution in [-0.4, -0.2) is 89.4 Å². The lowest BCUT2D eigenvalue weighted by Crippen LogP contribution is -2.58. The van der Waals surface area contributed by atoms with Gasteiger partial charge in [-0.15, -0.1) is 11.3 Å². The average molecular weight is 687 g/mol. The molecule has 0 radical (unpaired) electrons. The number of hydrogen-bond donors (Lipinski definition) is 4. The molecule has 14 heteroatoms. The second-order valence-electron chi connectivity index (χ2n) is 12.3. The number of aromatic nitrogens is 1. The molecule has 3 rings (SSSR count). The fourth-order valence-corrected chi connectivity index (χ4v) is 7.18. The van der Waals surface area contributed by atoms with Gasteiger partial charge in [-0.05, 0) is 48.4 Å². The van der Waals surface area contributed by atoms with E-state index in [2.05, 4.69) is 20.8 Å². The number of benzene rings is 2. The van der Waals surface area contributed by atoms with Gasteiger partial charge in [0.15, 0.2) is 0 Å². The lowest BCUT2D eigenvalue weighted by Gasteiger charge is -2.32. The minimum atomic E-state index is -4.05. The van der Waals surface area contributed by atoms with Crippen LogP contribution >= 0.6 is 11.3 Å². The quantitative estimate of drug-likeness (QED) is 0.101. The summed E-state index contributed by atoms with van der Waals surface area (Å²) in [4.78, 5) is 32.7. The second kappa shape index (κ2) is 17.3. The van der Waals surface area contributed by atoms with Crippen molar-refractivity contribution in [3.8, 4) is 0 Å². The van der Waals surface area contributed by atoms with E-state index in [1.54, 1.807) is 7.05 Å². The molecular formula is C33H46N6O6S2. The summed E-state index contributed by atoms with van der Waals surface area (Å²) in [6, 6.07) is 12.9. The first-order chi connectivity index (χ1) is 22.2. The largest absolute Gasteiger partial charge is 0.411 e. The Hall–Kier alpha value is -3.85. The third kappa shape index (κ3) is 11.1. The molecule has 1 heterocycles. The van der Waals surface area contributed by atoms with Crippen LogP contribution in [0.5, 0.6) is 0 Å². The molecule has 0 spiro atoms. The van der Waals surface area contributed by atoms with E-state index in [-0.39, 0.29) is 42.8 Å². The van der Waals surface area contributed by atoms with Gasteiger partial charge in [-0.1, -0.05) is 75.3 Å². The third-order valence-corrected chi connectivity index (χ3v) is 10.1. The van der Waals surface area contributed by atoms with Gasteiger partial charge in [0.25, 0.3) is 0 Å². The van der Waals surface area contributed by atoms with Crippen molar-refractivity contribution in [2.24, 2.45) is 17.0 Å². The highest BCUT2D eigenvalue weighted by Crippen LogP contribution is 2.20. The number of aliphatic hydroxyl groups excluding tert-OH is 1. The van der Waals surface area contributed by atoms with Crippen LogP contribution in [0.25, 0.3) is 0 Å². The molecule has 0 aliphatic rings. The Morgan fingerprint density at radius 3 is 2.23 bits per heavy atom. The Morgan fingerprint density at radius 2 is 1.68 bits per heavy atom. The van der Waals surface area contributed by atoms with Gasteiger partial charge in [0.1, 0.15) is 6.04 Å². The van der Waals surface area contributed by atoms with Gasteiger partial charge in [-0.2, -0.15) is 4.31 Å². The summed E-state index contributed by atoms with van der Waals surface area (Å²) >= 11 is 1.49. The van der Waals surface area contributed by atoms with E-state index >= 15 is 0 Å². The van der Waals surface area contributed by atoms with E-state index in [0.29, 0.717) is 5.56 Å². The van der Waals surface area contributed by atoms with Crippen molar-refractivity contribution in [2.75, 3.05) is 20.1 Å². The van der Waals surface area contributed by atoms with Gasteiger partial charge in [0, 0.05) is 25.5 Å². The number of sulfonamides is 1. The first kappa shape index (κ1) is 37.6. The maximum Gasteiger partial charge on any atom is 0.318 e. The smallest absolute Gasteiger partial charge is 0.318 e. The van der Waals surface area contributed by atoms with Crippen LogP contribution in [0.4, 0.5) is 4.79 Å². The molecule has 0 saturated carbocycles. The third-order valence-electron chi connectivity index (χ3n) is 7.42. The summed E-state index contributed by atoms with van der Waals surface area (Å²) in [6.07, 6.45) is 0.114. The number of aryl methyl sites for hydroxylation is 1. The van der Waals surface area contributed by atoms with Gasteiger partial charge >= 0.3 is 6.03 Å². The van der Waals surface area contributed by atoms with E-state index in [9.17, 15) is 23.1 Å². The Kier molecular flexibility index (Phi) is 13.9. The molecule has 0 aliphatic heterocycles. The molecule has 0 saturated heterocycles. The number of thiazole rings is 1. The summed E-state index contributed by atoms with van der Waals surface area (Å²) in [5.41, 5.74) is 2.10. The molecule has 256 valence electrons. The number of nitrogens with zero attached hydrogens (tertiary/aromatic N) is 4. The van der Waals surface area contributed by atoms with Crippen LogP contribution in [-0.2, 0) is 27.8 Å². The Bertz CT molecular complexity index is 1580. The normalized spacial score (nSPS) is 14.0. The van der Waals surface area contributed by atoms with Gasteiger partial charge in [0.05, 0.1) is 40.5 Å². The maximum atomic E-state index is 13.8. The highest BCUT2D eigenvalue weighted by Gasteiger charge is 2.34. The van der Waals surface area contributed by atoms with E-state index in [1.165, 1.54) is 51.0 Å². The highest BCUT2D eigenvalue weighted by molar-refractivity contribution is 7.89. The Morgan fingerprint density at radius 1 is 1.02 bits per heavy atom. The lowest BCUT2D eigenvalue weighted by atomic mass is 9.98. The first-order valence-corrected chi connectivity index (χ1v) is 17.8. The molecule has 3 atom stereocenters. The van der Waals surface area contributed by atoms with E-state index < -0.39 is 40.1 Å². The summed E-state index contributed by atoms with van der Waals surface area (Å²) < 4.78 is 28.8. The molecule has 47 heavy (non-hydrogen) atoms. The van der Waals surface area contributed by atoms with Crippen LogP contribution in [0.1, 0.15) is 49.5 Å². The summed E-state index contributed by atoms with van der Waals surface area (Å²) in [6.45, 7) is 9.38.